The molecule has 2 heterocycles. The number of likely N-dealkylation sites (N-methyl/N-ethyl adjacent to an activating group) is 2. The highest BCUT2D eigenvalue weighted by molar-refractivity contribution is 5.87. The first-order valence-corrected chi connectivity index (χ1v) is 9.22. The molecule has 6 heteroatoms. The monoisotopic (exact) mass is 346 g/mol. The number of carbonyl (C=O) groups excluding carboxylic acids is 2. The number of nitrogens with zero attached hydrogens (tertiary/aromatic N) is 4. The standard InChI is InChI=1S/C19H30N4O2/c1-4-22(5-2)18(24)15-21(3)19(25)17-8-6-7-13-23(17)14-16-9-11-20-12-10-16/h9-12,17H,4-8,13-15H2,1-3H3/t17-/m1/s1. The minimum Gasteiger partial charge on any atom is -0.342 e. The van der Waals surface area contributed by atoms with Gasteiger partial charge in [0.2, 0.25) is 11.8 Å². The van der Waals surface area contributed by atoms with Gasteiger partial charge in [-0.05, 0) is 50.9 Å². The van der Waals surface area contributed by atoms with E-state index in [1.807, 2.05) is 26.0 Å². The van der Waals surface area contributed by atoms with Crippen molar-refractivity contribution < 1.29 is 9.59 Å². The molecule has 1 atom stereocenters. The highest BCUT2D eigenvalue weighted by Crippen LogP contribution is 2.21. The molecule has 1 aliphatic heterocycles. The van der Waals surface area contributed by atoms with Gasteiger partial charge >= 0.3 is 0 Å². The summed E-state index contributed by atoms with van der Waals surface area (Å²) in [5, 5.41) is 0. The Kier molecular flexibility index (Phi) is 7.37. The van der Waals surface area contributed by atoms with E-state index in [4.69, 9.17) is 0 Å². The smallest absolute Gasteiger partial charge is 0.242 e. The zero-order valence-corrected chi connectivity index (χ0v) is 15.6. The predicted octanol–water partition coefficient (Wildman–Crippen LogP) is 1.76. The molecule has 0 aliphatic carbocycles. The molecule has 25 heavy (non-hydrogen) atoms. The van der Waals surface area contributed by atoms with E-state index in [0.29, 0.717) is 13.1 Å². The molecule has 1 fully saturated rings. The summed E-state index contributed by atoms with van der Waals surface area (Å²) in [6, 6.07) is 3.84. The second-order valence-corrected chi connectivity index (χ2v) is 6.60. The molecule has 1 saturated heterocycles. The number of piperidine rings is 1. The lowest BCUT2D eigenvalue weighted by atomic mass is 10.00. The van der Waals surface area contributed by atoms with Crippen LogP contribution in [0.2, 0.25) is 0 Å². The van der Waals surface area contributed by atoms with Gasteiger partial charge < -0.3 is 9.80 Å². The fourth-order valence-corrected chi connectivity index (χ4v) is 3.39. The van der Waals surface area contributed by atoms with Gasteiger partial charge in [-0.3, -0.25) is 19.5 Å². The van der Waals surface area contributed by atoms with Gasteiger partial charge in [0.05, 0.1) is 12.6 Å². The number of rotatable bonds is 7. The fraction of sp³-hybridized carbons (Fsp3) is 0.632. The first-order chi connectivity index (χ1) is 12.1. The van der Waals surface area contributed by atoms with Crippen LogP contribution in [0.15, 0.2) is 24.5 Å². The molecule has 0 unspecified atom stereocenters. The minimum absolute atomic E-state index is 0.0114. The lowest BCUT2D eigenvalue weighted by Crippen LogP contribution is -2.51. The summed E-state index contributed by atoms with van der Waals surface area (Å²) >= 11 is 0. The molecule has 1 aromatic heterocycles. The third-order valence-corrected chi connectivity index (χ3v) is 4.90. The molecule has 6 nitrogen and oxygen atoms in total. The van der Waals surface area contributed by atoms with Gasteiger partial charge in [-0.1, -0.05) is 6.42 Å². The number of hydrogen-bond donors (Lipinski definition) is 0. The SMILES string of the molecule is CCN(CC)C(=O)CN(C)C(=O)[C@H]1CCCCN1Cc1ccncc1. The molecule has 0 N–H and O–H groups in total. The first-order valence-electron chi connectivity index (χ1n) is 9.22. The molecule has 0 radical (unpaired) electrons. The number of amides is 2. The summed E-state index contributed by atoms with van der Waals surface area (Å²) in [5.41, 5.74) is 1.16. The van der Waals surface area contributed by atoms with Crippen molar-refractivity contribution in [2.45, 2.75) is 45.7 Å². The van der Waals surface area contributed by atoms with E-state index in [-0.39, 0.29) is 24.4 Å². The summed E-state index contributed by atoms with van der Waals surface area (Å²) in [4.78, 5) is 34.9. The van der Waals surface area contributed by atoms with Crippen molar-refractivity contribution in [3.63, 3.8) is 0 Å². The molecule has 0 bridgehead atoms. The van der Waals surface area contributed by atoms with Crippen LogP contribution in [0.3, 0.4) is 0 Å². The Hall–Kier alpha value is -1.95. The van der Waals surface area contributed by atoms with Crippen molar-refractivity contribution in [1.82, 2.24) is 19.7 Å². The molecule has 0 spiro atoms. The molecule has 2 amide bonds. The normalized spacial score (nSPS) is 18.0. The first kappa shape index (κ1) is 19.4. The Morgan fingerprint density at radius 2 is 1.88 bits per heavy atom. The second kappa shape index (κ2) is 9.51. The number of aromatic nitrogens is 1. The molecular formula is C19H30N4O2. The Morgan fingerprint density at radius 1 is 1.20 bits per heavy atom. The Labute approximate surface area is 150 Å². The van der Waals surface area contributed by atoms with Gasteiger partial charge in [-0.15, -0.1) is 0 Å². The maximum absolute atomic E-state index is 12.9. The predicted molar refractivity (Wildman–Crippen MR) is 97.9 cm³/mol. The van der Waals surface area contributed by atoms with Crippen LogP contribution in [0.5, 0.6) is 0 Å². The fourth-order valence-electron chi connectivity index (χ4n) is 3.39. The Bertz CT molecular complexity index is 560. The Morgan fingerprint density at radius 3 is 2.52 bits per heavy atom. The maximum Gasteiger partial charge on any atom is 0.242 e. The highest BCUT2D eigenvalue weighted by atomic mass is 16.2. The van der Waals surface area contributed by atoms with Crippen LogP contribution < -0.4 is 0 Å². The lowest BCUT2D eigenvalue weighted by Gasteiger charge is -2.37. The van der Waals surface area contributed by atoms with Crippen molar-refractivity contribution in [2.75, 3.05) is 33.2 Å². The maximum atomic E-state index is 12.9. The number of hydrogen-bond acceptors (Lipinski definition) is 4. The van der Waals surface area contributed by atoms with Gasteiger partial charge in [-0.2, -0.15) is 0 Å². The van der Waals surface area contributed by atoms with Crippen molar-refractivity contribution >= 4 is 11.8 Å². The van der Waals surface area contributed by atoms with E-state index in [1.54, 1.807) is 29.2 Å². The van der Waals surface area contributed by atoms with Crippen molar-refractivity contribution in [3.8, 4) is 0 Å². The average Bonchev–Trinajstić information content (AvgIpc) is 2.63. The van der Waals surface area contributed by atoms with E-state index < -0.39 is 0 Å². The van der Waals surface area contributed by atoms with Crippen LogP contribution in [0.4, 0.5) is 0 Å². The lowest BCUT2D eigenvalue weighted by molar-refractivity contribution is -0.143. The van der Waals surface area contributed by atoms with Crippen molar-refractivity contribution in [2.24, 2.45) is 0 Å². The van der Waals surface area contributed by atoms with Crippen LogP contribution in [-0.4, -0.2) is 70.8 Å². The highest BCUT2D eigenvalue weighted by Gasteiger charge is 2.31. The van der Waals surface area contributed by atoms with E-state index in [0.717, 1.165) is 37.9 Å². The quantitative estimate of drug-likeness (QED) is 0.755. The molecular weight excluding hydrogens is 316 g/mol. The third kappa shape index (κ3) is 5.26. The molecule has 1 aliphatic rings. The second-order valence-electron chi connectivity index (χ2n) is 6.60. The van der Waals surface area contributed by atoms with Crippen molar-refractivity contribution in [3.05, 3.63) is 30.1 Å². The molecule has 2 rings (SSSR count). The van der Waals surface area contributed by atoms with E-state index in [2.05, 4.69) is 9.88 Å². The number of carbonyl (C=O) groups is 2. The van der Waals surface area contributed by atoms with E-state index in [9.17, 15) is 9.59 Å². The number of pyridine rings is 1. The van der Waals surface area contributed by atoms with Gasteiger partial charge in [0.25, 0.3) is 0 Å². The molecule has 0 saturated carbocycles. The van der Waals surface area contributed by atoms with Crippen LogP contribution in [0.25, 0.3) is 0 Å². The average molecular weight is 346 g/mol. The van der Waals surface area contributed by atoms with Gasteiger partial charge in [-0.25, -0.2) is 0 Å². The zero-order chi connectivity index (χ0) is 18.2. The molecule has 138 valence electrons. The minimum atomic E-state index is -0.142. The van der Waals surface area contributed by atoms with Crippen LogP contribution >= 0.6 is 0 Å². The van der Waals surface area contributed by atoms with Gasteiger partial charge in [0.15, 0.2) is 0 Å². The summed E-state index contributed by atoms with van der Waals surface area (Å²) in [5.74, 6) is 0.0617. The summed E-state index contributed by atoms with van der Waals surface area (Å²) in [6.45, 7) is 7.08. The van der Waals surface area contributed by atoms with E-state index >= 15 is 0 Å². The van der Waals surface area contributed by atoms with Crippen LogP contribution in [-0.2, 0) is 16.1 Å². The molecule has 1 aromatic rings. The largest absolute Gasteiger partial charge is 0.342 e. The zero-order valence-electron chi connectivity index (χ0n) is 15.6. The molecule has 0 aromatic carbocycles. The van der Waals surface area contributed by atoms with Gasteiger partial charge in [0, 0.05) is 39.1 Å². The number of likely N-dealkylation sites (tertiary alicyclic amines) is 1. The Balaban J connectivity index is 2.00. The third-order valence-electron chi connectivity index (χ3n) is 4.90. The van der Waals surface area contributed by atoms with E-state index in [1.165, 1.54) is 0 Å². The van der Waals surface area contributed by atoms with Gasteiger partial charge in [0.1, 0.15) is 0 Å². The summed E-state index contributed by atoms with van der Waals surface area (Å²) < 4.78 is 0. The summed E-state index contributed by atoms with van der Waals surface area (Å²) in [6.07, 6.45) is 6.59. The topological polar surface area (TPSA) is 56.8 Å². The van der Waals surface area contributed by atoms with Crippen molar-refractivity contribution in [1.29, 1.82) is 0 Å². The van der Waals surface area contributed by atoms with Crippen LogP contribution in [0.1, 0.15) is 38.7 Å². The van der Waals surface area contributed by atoms with Crippen LogP contribution in [0, 0.1) is 0 Å². The summed E-state index contributed by atoms with van der Waals surface area (Å²) in [7, 11) is 1.74.